The highest BCUT2D eigenvalue weighted by atomic mass is 35.5. The first kappa shape index (κ1) is 18.7. The molecule has 0 bridgehead atoms. The largest absolute Gasteiger partial charge is 0.493 e. The van der Waals surface area contributed by atoms with Crippen LogP contribution in [0.25, 0.3) is 0 Å². The topological polar surface area (TPSA) is 58.6 Å². The molecule has 7 heteroatoms. The summed E-state index contributed by atoms with van der Waals surface area (Å²) in [6, 6.07) is 10.1. The zero-order valence-electron chi connectivity index (χ0n) is 15.2. The van der Waals surface area contributed by atoms with E-state index in [1.54, 1.807) is 11.0 Å². The standard InChI is InChI=1S/C21H20ClFN2O3/c22-17-4-1-13(7-18(17)23)8-21(27)25-10-14(11-25)12-28-16-3-5-19-15(9-16)2-6-20(26)24-19/h1,3-5,7,9,14H,2,6,8,10-12H2,(H,24,26). The molecule has 2 amide bonds. The van der Waals surface area contributed by atoms with Gasteiger partial charge in [-0.05, 0) is 47.9 Å². The van der Waals surface area contributed by atoms with Crippen LogP contribution in [0.3, 0.4) is 0 Å². The minimum absolute atomic E-state index is 0.0255. The summed E-state index contributed by atoms with van der Waals surface area (Å²) >= 11 is 5.67. The summed E-state index contributed by atoms with van der Waals surface area (Å²) in [4.78, 5) is 25.5. The molecule has 1 N–H and O–H groups in total. The molecule has 146 valence electrons. The number of likely N-dealkylation sites (tertiary alicyclic amines) is 1. The molecule has 0 unspecified atom stereocenters. The van der Waals surface area contributed by atoms with Crippen LogP contribution in [0.2, 0.25) is 5.02 Å². The fraction of sp³-hybridized carbons (Fsp3) is 0.333. The van der Waals surface area contributed by atoms with Crippen molar-refractivity contribution in [2.75, 3.05) is 25.0 Å². The molecule has 2 aromatic rings. The number of rotatable bonds is 5. The lowest BCUT2D eigenvalue weighted by Gasteiger charge is -2.39. The van der Waals surface area contributed by atoms with Gasteiger partial charge in [-0.3, -0.25) is 9.59 Å². The molecule has 2 aromatic carbocycles. The second kappa shape index (κ2) is 7.80. The molecule has 2 aliphatic heterocycles. The third-order valence-corrected chi connectivity index (χ3v) is 5.41. The van der Waals surface area contributed by atoms with E-state index in [1.807, 2.05) is 18.2 Å². The molecule has 1 fully saturated rings. The normalized spacial score (nSPS) is 16.2. The molecule has 0 spiro atoms. The zero-order chi connectivity index (χ0) is 19.7. The smallest absolute Gasteiger partial charge is 0.227 e. The first-order valence-corrected chi connectivity index (χ1v) is 9.63. The first-order valence-electron chi connectivity index (χ1n) is 9.25. The van der Waals surface area contributed by atoms with Crippen molar-refractivity contribution in [2.24, 2.45) is 5.92 Å². The van der Waals surface area contributed by atoms with Gasteiger partial charge in [-0.2, -0.15) is 0 Å². The third kappa shape index (κ3) is 4.12. The van der Waals surface area contributed by atoms with Gasteiger partial charge in [0.25, 0.3) is 0 Å². The monoisotopic (exact) mass is 402 g/mol. The predicted molar refractivity (Wildman–Crippen MR) is 104 cm³/mol. The van der Waals surface area contributed by atoms with Crippen molar-refractivity contribution in [3.63, 3.8) is 0 Å². The Morgan fingerprint density at radius 1 is 1.21 bits per heavy atom. The summed E-state index contributed by atoms with van der Waals surface area (Å²) in [5.41, 5.74) is 2.55. The number of ether oxygens (including phenoxy) is 1. The quantitative estimate of drug-likeness (QED) is 0.833. The Balaban J connectivity index is 1.24. The van der Waals surface area contributed by atoms with Crippen molar-refractivity contribution >= 4 is 29.1 Å². The van der Waals surface area contributed by atoms with Crippen molar-refractivity contribution < 1.29 is 18.7 Å². The van der Waals surface area contributed by atoms with Crippen LogP contribution in [0.1, 0.15) is 17.5 Å². The minimum Gasteiger partial charge on any atom is -0.493 e. The summed E-state index contributed by atoms with van der Waals surface area (Å²) in [6.07, 6.45) is 1.38. The van der Waals surface area contributed by atoms with Crippen LogP contribution in [-0.4, -0.2) is 36.4 Å². The molecule has 5 nitrogen and oxygen atoms in total. The Morgan fingerprint density at radius 3 is 2.82 bits per heavy atom. The summed E-state index contributed by atoms with van der Waals surface area (Å²) in [6.45, 7) is 1.80. The predicted octanol–water partition coefficient (Wildman–Crippen LogP) is 3.44. The van der Waals surface area contributed by atoms with Crippen LogP contribution in [0.5, 0.6) is 5.75 Å². The highest BCUT2D eigenvalue weighted by Crippen LogP contribution is 2.28. The molecular weight excluding hydrogens is 383 g/mol. The number of hydrogen-bond acceptors (Lipinski definition) is 3. The van der Waals surface area contributed by atoms with Crippen LogP contribution in [0.4, 0.5) is 10.1 Å². The first-order chi connectivity index (χ1) is 13.5. The van der Waals surface area contributed by atoms with E-state index in [0.29, 0.717) is 31.7 Å². The lowest BCUT2D eigenvalue weighted by atomic mass is 9.99. The molecule has 2 heterocycles. The van der Waals surface area contributed by atoms with E-state index in [-0.39, 0.29) is 29.2 Å². The summed E-state index contributed by atoms with van der Waals surface area (Å²) in [7, 11) is 0. The van der Waals surface area contributed by atoms with Crippen molar-refractivity contribution in [3.05, 3.63) is 58.4 Å². The summed E-state index contributed by atoms with van der Waals surface area (Å²) in [5, 5.41) is 2.91. The SMILES string of the molecule is O=C1CCc2cc(OCC3CN(C(=O)Cc4ccc(Cl)c(F)c4)C3)ccc2N1. The Hall–Kier alpha value is -2.60. The Kier molecular flexibility index (Phi) is 5.22. The highest BCUT2D eigenvalue weighted by molar-refractivity contribution is 6.30. The Labute approximate surface area is 167 Å². The lowest BCUT2D eigenvalue weighted by Crippen LogP contribution is -2.52. The van der Waals surface area contributed by atoms with Gasteiger partial charge in [0.1, 0.15) is 11.6 Å². The fourth-order valence-electron chi connectivity index (χ4n) is 3.48. The number of anilines is 1. The van der Waals surface area contributed by atoms with Gasteiger partial charge in [0.05, 0.1) is 18.1 Å². The van der Waals surface area contributed by atoms with Crippen LogP contribution in [0, 0.1) is 11.7 Å². The second-order valence-corrected chi connectivity index (χ2v) is 7.68. The Morgan fingerprint density at radius 2 is 2.04 bits per heavy atom. The molecule has 2 aliphatic rings. The molecule has 1 saturated heterocycles. The van der Waals surface area contributed by atoms with Gasteiger partial charge >= 0.3 is 0 Å². The number of nitrogens with zero attached hydrogens (tertiary/aromatic N) is 1. The molecule has 0 saturated carbocycles. The number of carbonyl (C=O) groups is 2. The number of benzene rings is 2. The number of carbonyl (C=O) groups excluding carboxylic acids is 2. The number of nitrogens with one attached hydrogen (secondary N) is 1. The maximum atomic E-state index is 13.5. The summed E-state index contributed by atoms with van der Waals surface area (Å²) in [5.74, 6) is 0.564. The molecule has 28 heavy (non-hydrogen) atoms. The fourth-order valence-corrected chi connectivity index (χ4v) is 3.60. The maximum Gasteiger partial charge on any atom is 0.227 e. The average molecular weight is 403 g/mol. The molecule has 4 rings (SSSR count). The molecule has 0 atom stereocenters. The Bertz CT molecular complexity index is 928. The highest BCUT2D eigenvalue weighted by Gasteiger charge is 2.31. The van der Waals surface area contributed by atoms with Gasteiger partial charge in [0, 0.05) is 31.1 Å². The van der Waals surface area contributed by atoms with Gasteiger partial charge in [-0.25, -0.2) is 4.39 Å². The molecule has 0 aromatic heterocycles. The van der Waals surface area contributed by atoms with E-state index in [1.165, 1.54) is 12.1 Å². The van der Waals surface area contributed by atoms with E-state index in [9.17, 15) is 14.0 Å². The molecule has 0 aliphatic carbocycles. The van der Waals surface area contributed by atoms with Gasteiger partial charge in [0.2, 0.25) is 11.8 Å². The number of halogens is 2. The van der Waals surface area contributed by atoms with E-state index >= 15 is 0 Å². The summed E-state index contributed by atoms with van der Waals surface area (Å²) < 4.78 is 19.3. The second-order valence-electron chi connectivity index (χ2n) is 7.27. The van der Waals surface area contributed by atoms with E-state index < -0.39 is 5.82 Å². The third-order valence-electron chi connectivity index (χ3n) is 5.11. The number of aryl methyl sites for hydroxylation is 1. The van der Waals surface area contributed by atoms with Crippen LogP contribution in [0.15, 0.2) is 36.4 Å². The zero-order valence-corrected chi connectivity index (χ0v) is 16.0. The number of hydrogen-bond donors (Lipinski definition) is 1. The minimum atomic E-state index is -0.508. The lowest BCUT2D eigenvalue weighted by molar-refractivity contribution is -0.137. The van der Waals surface area contributed by atoms with Crippen LogP contribution >= 0.6 is 11.6 Å². The van der Waals surface area contributed by atoms with Crippen molar-refractivity contribution in [1.82, 2.24) is 4.90 Å². The molecular formula is C21H20ClFN2O3. The maximum absolute atomic E-state index is 13.5. The van der Waals surface area contributed by atoms with Gasteiger partial charge in [-0.1, -0.05) is 17.7 Å². The van der Waals surface area contributed by atoms with Crippen LogP contribution < -0.4 is 10.1 Å². The van der Waals surface area contributed by atoms with Gasteiger partial charge in [-0.15, -0.1) is 0 Å². The number of amides is 2. The van der Waals surface area contributed by atoms with Crippen molar-refractivity contribution in [3.8, 4) is 5.75 Å². The van der Waals surface area contributed by atoms with Gasteiger partial charge < -0.3 is 15.0 Å². The van der Waals surface area contributed by atoms with Crippen LogP contribution in [-0.2, 0) is 22.4 Å². The van der Waals surface area contributed by atoms with Crippen molar-refractivity contribution in [2.45, 2.75) is 19.3 Å². The van der Waals surface area contributed by atoms with E-state index in [2.05, 4.69) is 5.32 Å². The van der Waals surface area contributed by atoms with Crippen molar-refractivity contribution in [1.29, 1.82) is 0 Å². The van der Waals surface area contributed by atoms with E-state index in [0.717, 1.165) is 23.4 Å². The average Bonchev–Trinajstić information content (AvgIpc) is 2.63. The molecule has 0 radical (unpaired) electrons. The number of fused-ring (bicyclic) bond motifs is 1. The van der Waals surface area contributed by atoms with Gasteiger partial charge in [0.15, 0.2) is 0 Å². The van der Waals surface area contributed by atoms with E-state index in [4.69, 9.17) is 16.3 Å².